The van der Waals surface area contributed by atoms with Gasteiger partial charge < -0.3 is 0 Å². The lowest BCUT2D eigenvalue weighted by Crippen LogP contribution is -2.21. The number of benzene rings is 2. The van der Waals surface area contributed by atoms with E-state index < -0.39 is 0 Å². The van der Waals surface area contributed by atoms with E-state index in [1.54, 1.807) is 26.8 Å². The molecule has 0 amide bonds. The van der Waals surface area contributed by atoms with Crippen LogP contribution in [0.4, 0.5) is 0 Å². The van der Waals surface area contributed by atoms with Crippen molar-refractivity contribution in [1.29, 1.82) is 0 Å². The average molecular weight is 370 g/mol. The summed E-state index contributed by atoms with van der Waals surface area (Å²) in [5.41, 5.74) is 2.08. The van der Waals surface area contributed by atoms with Gasteiger partial charge in [-0.05, 0) is 35.7 Å². The maximum absolute atomic E-state index is 13.4. The van der Waals surface area contributed by atoms with E-state index in [1.165, 1.54) is 0 Å². The summed E-state index contributed by atoms with van der Waals surface area (Å²) in [7, 11) is 0. The van der Waals surface area contributed by atoms with E-state index in [-0.39, 0.29) is 5.56 Å². The Morgan fingerprint density at radius 3 is 2.19 bits per heavy atom. The van der Waals surface area contributed by atoms with Gasteiger partial charge in [0.2, 0.25) is 0 Å². The molecule has 0 atom stereocenters. The van der Waals surface area contributed by atoms with Crippen molar-refractivity contribution in [2.75, 3.05) is 0 Å². The maximum Gasteiger partial charge on any atom is 0.269 e. The summed E-state index contributed by atoms with van der Waals surface area (Å²) in [6.07, 6.45) is 1.59. The second-order valence-electron chi connectivity index (χ2n) is 6.02. The minimum Gasteiger partial charge on any atom is -0.268 e. The van der Waals surface area contributed by atoms with E-state index in [0.29, 0.717) is 16.9 Å². The van der Waals surface area contributed by atoms with Crippen LogP contribution in [0, 0.1) is 0 Å². The molecule has 0 fully saturated rings. The molecule has 3 heterocycles. The monoisotopic (exact) mass is 370 g/mol. The van der Waals surface area contributed by atoms with Gasteiger partial charge in [-0.25, -0.2) is 9.67 Å². The van der Waals surface area contributed by atoms with Crippen molar-refractivity contribution in [1.82, 2.24) is 19.3 Å². The van der Waals surface area contributed by atoms with Crippen LogP contribution in [0.15, 0.2) is 89.2 Å². The van der Waals surface area contributed by atoms with Crippen LogP contribution < -0.4 is 5.56 Å². The standard InChI is InChI=1S/C21H14N4OS/c26-21-17-14-22-25(16-10-5-2-6-11-16)19(17)23-20(18-12-7-13-27-18)24(21)15-8-3-1-4-9-15/h1-14H. The van der Waals surface area contributed by atoms with Gasteiger partial charge in [0.15, 0.2) is 11.5 Å². The van der Waals surface area contributed by atoms with E-state index in [1.807, 2.05) is 78.2 Å². The van der Waals surface area contributed by atoms with Crippen molar-refractivity contribution in [2.45, 2.75) is 0 Å². The zero-order chi connectivity index (χ0) is 18.2. The smallest absolute Gasteiger partial charge is 0.268 e. The summed E-state index contributed by atoms with van der Waals surface area (Å²) in [6, 6.07) is 23.2. The summed E-state index contributed by atoms with van der Waals surface area (Å²) >= 11 is 1.55. The molecule has 5 aromatic rings. The zero-order valence-corrected chi connectivity index (χ0v) is 15.0. The van der Waals surface area contributed by atoms with E-state index in [9.17, 15) is 4.79 Å². The predicted molar refractivity (Wildman–Crippen MR) is 108 cm³/mol. The molecule has 0 spiro atoms. The highest BCUT2D eigenvalue weighted by Crippen LogP contribution is 2.26. The number of rotatable bonds is 3. The normalized spacial score (nSPS) is 11.1. The zero-order valence-electron chi connectivity index (χ0n) is 14.2. The summed E-state index contributed by atoms with van der Waals surface area (Å²) in [5.74, 6) is 0.617. The highest BCUT2D eigenvalue weighted by molar-refractivity contribution is 7.13. The second-order valence-corrected chi connectivity index (χ2v) is 6.97. The van der Waals surface area contributed by atoms with Gasteiger partial charge in [0.05, 0.1) is 22.4 Å². The fourth-order valence-corrected chi connectivity index (χ4v) is 3.82. The molecule has 0 unspecified atom stereocenters. The largest absolute Gasteiger partial charge is 0.269 e. The fraction of sp³-hybridized carbons (Fsp3) is 0. The number of fused-ring (bicyclic) bond motifs is 1. The first-order chi connectivity index (χ1) is 13.3. The Labute approximate surface area is 158 Å². The third-order valence-corrected chi connectivity index (χ3v) is 5.22. The molecule has 0 saturated carbocycles. The third kappa shape index (κ3) is 2.58. The van der Waals surface area contributed by atoms with Crippen molar-refractivity contribution >= 4 is 22.4 Å². The molecule has 0 aliphatic heterocycles. The Kier molecular flexibility index (Phi) is 3.69. The van der Waals surface area contributed by atoms with E-state index in [0.717, 1.165) is 16.3 Å². The molecule has 27 heavy (non-hydrogen) atoms. The predicted octanol–water partition coefficient (Wildman–Crippen LogP) is 4.30. The topological polar surface area (TPSA) is 52.7 Å². The Balaban J connectivity index is 1.87. The average Bonchev–Trinajstić information content (AvgIpc) is 3.39. The molecule has 0 N–H and O–H groups in total. The van der Waals surface area contributed by atoms with Gasteiger partial charge in [-0.3, -0.25) is 9.36 Å². The first-order valence-corrected chi connectivity index (χ1v) is 9.36. The van der Waals surface area contributed by atoms with Gasteiger partial charge >= 0.3 is 0 Å². The SMILES string of the molecule is O=c1c2cnn(-c3ccccc3)c2nc(-c2cccs2)n1-c1ccccc1. The number of nitrogens with zero attached hydrogens (tertiary/aromatic N) is 4. The summed E-state index contributed by atoms with van der Waals surface area (Å²) in [4.78, 5) is 19.2. The van der Waals surface area contributed by atoms with Crippen molar-refractivity contribution in [2.24, 2.45) is 0 Å². The molecular formula is C21H14N4OS. The lowest BCUT2D eigenvalue weighted by atomic mass is 10.2. The van der Waals surface area contributed by atoms with Gasteiger partial charge in [-0.2, -0.15) is 5.10 Å². The Morgan fingerprint density at radius 2 is 1.52 bits per heavy atom. The number of para-hydroxylation sites is 2. The molecule has 0 aliphatic carbocycles. The number of hydrogen-bond donors (Lipinski definition) is 0. The fourth-order valence-electron chi connectivity index (χ4n) is 3.11. The molecule has 0 saturated heterocycles. The number of hydrogen-bond acceptors (Lipinski definition) is 4. The van der Waals surface area contributed by atoms with Crippen molar-refractivity contribution in [3.63, 3.8) is 0 Å². The molecule has 0 aliphatic rings. The quantitative estimate of drug-likeness (QED) is 0.476. The van der Waals surface area contributed by atoms with Crippen LogP contribution in [0.1, 0.15) is 0 Å². The molecule has 3 aromatic heterocycles. The molecule has 5 rings (SSSR count). The maximum atomic E-state index is 13.4. The van der Waals surface area contributed by atoms with Crippen molar-refractivity contribution in [3.05, 3.63) is 94.7 Å². The summed E-state index contributed by atoms with van der Waals surface area (Å²) < 4.78 is 3.37. The summed E-state index contributed by atoms with van der Waals surface area (Å²) in [5, 5.41) is 6.90. The lowest BCUT2D eigenvalue weighted by molar-refractivity contribution is 0.889. The van der Waals surface area contributed by atoms with Crippen LogP contribution in [0.25, 0.3) is 33.1 Å². The highest BCUT2D eigenvalue weighted by Gasteiger charge is 2.18. The molecule has 0 radical (unpaired) electrons. The van der Waals surface area contributed by atoms with Crippen LogP contribution in [-0.2, 0) is 0 Å². The Bertz CT molecular complexity index is 1270. The van der Waals surface area contributed by atoms with Crippen LogP contribution in [0.3, 0.4) is 0 Å². The first kappa shape index (κ1) is 15.7. The van der Waals surface area contributed by atoms with Gasteiger partial charge in [0.25, 0.3) is 5.56 Å². The van der Waals surface area contributed by atoms with Crippen LogP contribution >= 0.6 is 11.3 Å². The van der Waals surface area contributed by atoms with Crippen LogP contribution in [-0.4, -0.2) is 19.3 Å². The molecular weight excluding hydrogens is 356 g/mol. The molecule has 5 nitrogen and oxygen atoms in total. The molecule has 6 heteroatoms. The highest BCUT2D eigenvalue weighted by atomic mass is 32.1. The number of aromatic nitrogens is 4. The Morgan fingerprint density at radius 1 is 0.815 bits per heavy atom. The molecule has 0 bridgehead atoms. The minimum atomic E-state index is -0.128. The van der Waals surface area contributed by atoms with Gasteiger partial charge in [-0.1, -0.05) is 42.5 Å². The van der Waals surface area contributed by atoms with Crippen LogP contribution in [0.2, 0.25) is 0 Å². The van der Waals surface area contributed by atoms with Gasteiger partial charge in [0, 0.05) is 0 Å². The van der Waals surface area contributed by atoms with E-state index in [4.69, 9.17) is 4.98 Å². The van der Waals surface area contributed by atoms with Gasteiger partial charge in [-0.15, -0.1) is 11.3 Å². The molecule has 2 aromatic carbocycles. The van der Waals surface area contributed by atoms with E-state index >= 15 is 0 Å². The Hall–Kier alpha value is -3.51. The van der Waals surface area contributed by atoms with Crippen molar-refractivity contribution in [3.8, 4) is 22.1 Å². The van der Waals surface area contributed by atoms with Crippen molar-refractivity contribution < 1.29 is 0 Å². The first-order valence-electron chi connectivity index (χ1n) is 8.48. The second kappa shape index (κ2) is 6.34. The third-order valence-electron chi connectivity index (χ3n) is 4.36. The minimum absolute atomic E-state index is 0.128. The number of thiophene rings is 1. The van der Waals surface area contributed by atoms with E-state index in [2.05, 4.69) is 5.10 Å². The summed E-state index contributed by atoms with van der Waals surface area (Å²) in [6.45, 7) is 0. The lowest BCUT2D eigenvalue weighted by Gasteiger charge is -2.12. The van der Waals surface area contributed by atoms with Crippen LogP contribution in [0.5, 0.6) is 0 Å². The molecule has 130 valence electrons. The van der Waals surface area contributed by atoms with Gasteiger partial charge in [0.1, 0.15) is 5.39 Å².